The van der Waals surface area contributed by atoms with Crippen molar-refractivity contribution < 1.29 is 5.11 Å². The topological polar surface area (TPSA) is 97.2 Å². The van der Waals surface area contributed by atoms with Gasteiger partial charge < -0.3 is 21.9 Å². The third-order valence-corrected chi connectivity index (χ3v) is 3.60. The lowest BCUT2D eigenvalue weighted by Gasteiger charge is -2.26. The molecule has 0 atom stereocenters. The van der Waals surface area contributed by atoms with Crippen molar-refractivity contribution in [1.82, 2.24) is 4.98 Å². The smallest absolute Gasteiger partial charge is 0.149 e. The summed E-state index contributed by atoms with van der Waals surface area (Å²) < 4.78 is 0. The number of hydrogen-bond donors (Lipinski definition) is 4. The van der Waals surface area contributed by atoms with Crippen molar-refractivity contribution in [1.29, 1.82) is 0 Å². The molecule has 1 fully saturated rings. The minimum Gasteiger partial charge on any atom is -0.396 e. The van der Waals surface area contributed by atoms with Crippen LogP contribution in [-0.2, 0) is 0 Å². The van der Waals surface area contributed by atoms with Gasteiger partial charge in [0.15, 0.2) is 0 Å². The molecule has 1 aromatic rings. The van der Waals surface area contributed by atoms with Crippen molar-refractivity contribution in [3.8, 4) is 0 Å². The van der Waals surface area contributed by atoms with E-state index in [-0.39, 0.29) is 12.0 Å². The van der Waals surface area contributed by atoms with E-state index in [1.54, 1.807) is 6.07 Å². The molecule has 0 saturated heterocycles. The van der Waals surface area contributed by atoms with Gasteiger partial charge in [0.05, 0.1) is 12.3 Å². The number of nitrogen functional groups attached to an aromatic ring is 2. The van der Waals surface area contributed by atoms with Crippen LogP contribution in [0.25, 0.3) is 0 Å². The lowest BCUT2D eigenvalue weighted by molar-refractivity contribution is 0.142. The van der Waals surface area contributed by atoms with Gasteiger partial charge in [0.25, 0.3) is 0 Å². The first-order valence-electron chi connectivity index (χ1n) is 6.02. The Labute approximate surface area is 101 Å². The first-order valence-corrected chi connectivity index (χ1v) is 6.02. The van der Waals surface area contributed by atoms with Gasteiger partial charge in [0.2, 0.25) is 0 Å². The van der Waals surface area contributed by atoms with Crippen molar-refractivity contribution in [2.45, 2.75) is 25.7 Å². The van der Waals surface area contributed by atoms with Gasteiger partial charge in [-0.1, -0.05) is 12.8 Å². The molecule has 5 nitrogen and oxygen atoms in total. The molecule has 1 saturated carbocycles. The minimum atomic E-state index is 0.0117. The molecule has 0 spiro atoms. The lowest BCUT2D eigenvalue weighted by Crippen LogP contribution is -2.30. The zero-order valence-corrected chi connectivity index (χ0v) is 9.95. The Morgan fingerprint density at radius 2 is 2.00 bits per heavy atom. The van der Waals surface area contributed by atoms with Gasteiger partial charge in [-0.25, -0.2) is 4.98 Å². The molecule has 0 amide bonds. The van der Waals surface area contributed by atoms with Crippen molar-refractivity contribution >= 4 is 17.3 Å². The Morgan fingerprint density at radius 1 is 1.29 bits per heavy atom. The summed E-state index contributed by atoms with van der Waals surface area (Å²) in [6, 6.07) is 3.55. The van der Waals surface area contributed by atoms with Crippen LogP contribution < -0.4 is 16.8 Å². The highest BCUT2D eigenvalue weighted by Gasteiger charge is 2.32. The zero-order valence-electron chi connectivity index (χ0n) is 9.95. The van der Waals surface area contributed by atoms with E-state index in [2.05, 4.69) is 10.3 Å². The first-order chi connectivity index (χ1) is 8.15. The Morgan fingerprint density at radius 3 is 2.59 bits per heavy atom. The molecule has 0 aliphatic heterocycles. The monoisotopic (exact) mass is 236 g/mol. The van der Waals surface area contributed by atoms with Crippen LogP contribution in [0.1, 0.15) is 25.7 Å². The zero-order chi connectivity index (χ0) is 12.3. The molecule has 0 radical (unpaired) electrons. The van der Waals surface area contributed by atoms with Crippen LogP contribution in [0.5, 0.6) is 0 Å². The summed E-state index contributed by atoms with van der Waals surface area (Å²) in [4.78, 5) is 4.16. The van der Waals surface area contributed by atoms with E-state index in [1.807, 2.05) is 6.07 Å². The predicted octanol–water partition coefficient (Wildman–Crippen LogP) is 1.21. The third-order valence-electron chi connectivity index (χ3n) is 3.60. The summed E-state index contributed by atoms with van der Waals surface area (Å²) in [5, 5.41) is 12.7. The number of aliphatic hydroxyl groups is 1. The van der Waals surface area contributed by atoms with Gasteiger partial charge in [-0.15, -0.1) is 0 Å². The normalized spacial score (nSPS) is 18.2. The fourth-order valence-electron chi connectivity index (χ4n) is 2.38. The molecule has 0 bridgehead atoms. The summed E-state index contributed by atoms with van der Waals surface area (Å²) in [5.74, 6) is 1.07. The molecule has 0 unspecified atom stereocenters. The second-order valence-corrected chi connectivity index (χ2v) is 4.89. The van der Waals surface area contributed by atoms with Crippen molar-refractivity contribution in [3.63, 3.8) is 0 Å². The number of aliphatic hydroxyl groups excluding tert-OH is 1. The van der Waals surface area contributed by atoms with Gasteiger partial charge in [-0.2, -0.15) is 0 Å². The van der Waals surface area contributed by atoms with Crippen LogP contribution in [0.15, 0.2) is 12.1 Å². The van der Waals surface area contributed by atoms with E-state index in [9.17, 15) is 5.11 Å². The molecule has 1 heterocycles. The number of nitrogens with zero attached hydrogens (tertiary/aromatic N) is 1. The summed E-state index contributed by atoms with van der Waals surface area (Å²) >= 11 is 0. The number of anilines is 3. The van der Waals surface area contributed by atoms with E-state index in [1.165, 1.54) is 12.8 Å². The fraction of sp³-hybridized carbons (Fsp3) is 0.583. The highest BCUT2D eigenvalue weighted by molar-refractivity contribution is 5.61. The largest absolute Gasteiger partial charge is 0.396 e. The first kappa shape index (κ1) is 12.0. The Hall–Kier alpha value is -1.49. The van der Waals surface area contributed by atoms with Gasteiger partial charge in [0.1, 0.15) is 11.6 Å². The summed E-state index contributed by atoms with van der Waals surface area (Å²) in [6.45, 7) is 0.963. The number of rotatable bonds is 4. The van der Waals surface area contributed by atoms with Crippen LogP contribution >= 0.6 is 0 Å². The third kappa shape index (κ3) is 2.61. The summed E-state index contributed by atoms with van der Waals surface area (Å²) in [6.07, 6.45) is 4.53. The number of aromatic nitrogens is 1. The number of nitrogens with two attached hydrogens (primary N) is 2. The number of pyridine rings is 1. The van der Waals surface area contributed by atoms with E-state index in [4.69, 9.17) is 11.5 Å². The van der Waals surface area contributed by atoms with Crippen LogP contribution in [0.2, 0.25) is 0 Å². The minimum absolute atomic E-state index is 0.0117. The van der Waals surface area contributed by atoms with Crippen molar-refractivity contribution in [2.24, 2.45) is 5.41 Å². The Kier molecular flexibility index (Phi) is 3.38. The van der Waals surface area contributed by atoms with E-state index in [0.717, 1.165) is 25.2 Å². The van der Waals surface area contributed by atoms with Crippen molar-refractivity contribution in [2.75, 3.05) is 29.9 Å². The molecule has 1 aliphatic carbocycles. The molecule has 1 aliphatic rings. The molecule has 2 rings (SSSR count). The SMILES string of the molecule is Nc1ccc(NCC2(CO)CCCC2)nc1N. The van der Waals surface area contributed by atoms with E-state index in [0.29, 0.717) is 11.5 Å². The maximum absolute atomic E-state index is 9.49. The summed E-state index contributed by atoms with van der Waals surface area (Å²) in [7, 11) is 0. The molecular formula is C12H20N4O. The number of nitrogens with one attached hydrogen (secondary N) is 1. The van der Waals surface area contributed by atoms with Gasteiger partial charge in [0, 0.05) is 12.0 Å². The highest BCUT2D eigenvalue weighted by Crippen LogP contribution is 2.37. The number of hydrogen-bond acceptors (Lipinski definition) is 5. The summed E-state index contributed by atoms with van der Waals surface area (Å²) in [5.41, 5.74) is 11.8. The lowest BCUT2D eigenvalue weighted by atomic mass is 9.87. The van der Waals surface area contributed by atoms with Crippen LogP contribution in [0.4, 0.5) is 17.3 Å². The predicted molar refractivity (Wildman–Crippen MR) is 69.5 cm³/mol. The van der Waals surface area contributed by atoms with Gasteiger partial charge in [-0.3, -0.25) is 0 Å². The molecule has 1 aromatic heterocycles. The van der Waals surface area contributed by atoms with Crippen LogP contribution in [-0.4, -0.2) is 23.2 Å². The molecule has 5 heteroatoms. The Bertz CT molecular complexity index is 388. The second-order valence-electron chi connectivity index (χ2n) is 4.89. The molecular weight excluding hydrogens is 216 g/mol. The Balaban J connectivity index is 1.99. The van der Waals surface area contributed by atoms with Gasteiger partial charge in [-0.05, 0) is 25.0 Å². The second kappa shape index (κ2) is 4.79. The standard InChI is InChI=1S/C12H20N4O/c13-9-3-4-10(16-11(9)14)15-7-12(8-17)5-1-2-6-12/h3-4,17H,1-2,5-8,13H2,(H3,14,15,16). The molecule has 6 N–H and O–H groups in total. The van der Waals surface area contributed by atoms with Crippen LogP contribution in [0.3, 0.4) is 0 Å². The maximum atomic E-state index is 9.49. The average Bonchev–Trinajstić information content (AvgIpc) is 2.80. The molecule has 0 aromatic carbocycles. The average molecular weight is 236 g/mol. The highest BCUT2D eigenvalue weighted by atomic mass is 16.3. The van der Waals surface area contributed by atoms with Crippen molar-refractivity contribution in [3.05, 3.63) is 12.1 Å². The van der Waals surface area contributed by atoms with E-state index < -0.39 is 0 Å². The molecule has 94 valence electrons. The quantitative estimate of drug-likeness (QED) is 0.630. The van der Waals surface area contributed by atoms with Gasteiger partial charge >= 0.3 is 0 Å². The molecule has 17 heavy (non-hydrogen) atoms. The van der Waals surface area contributed by atoms with E-state index >= 15 is 0 Å². The maximum Gasteiger partial charge on any atom is 0.149 e. The fourth-order valence-corrected chi connectivity index (χ4v) is 2.38. The van der Waals surface area contributed by atoms with Crippen LogP contribution in [0, 0.1) is 5.41 Å².